The van der Waals surface area contributed by atoms with E-state index in [-0.39, 0.29) is 13.1 Å². The summed E-state index contributed by atoms with van der Waals surface area (Å²) in [6.45, 7) is 10.9. The third kappa shape index (κ3) is 8.44. The van der Waals surface area contributed by atoms with Gasteiger partial charge in [0.05, 0.1) is 23.8 Å². The van der Waals surface area contributed by atoms with Crippen molar-refractivity contribution in [1.82, 2.24) is 9.55 Å². The molecule has 186 valence electrons. The van der Waals surface area contributed by atoms with Crippen LogP contribution in [0.5, 0.6) is 0 Å². The Morgan fingerprint density at radius 1 is 1.32 bits per heavy atom. The predicted octanol–water partition coefficient (Wildman–Crippen LogP) is 5.89. The van der Waals surface area contributed by atoms with Gasteiger partial charge in [-0.1, -0.05) is 20.3 Å². The molecule has 0 fully saturated rings. The molecule has 2 unspecified atom stereocenters. The van der Waals surface area contributed by atoms with Gasteiger partial charge in [-0.3, -0.25) is 9.98 Å². The number of anilines is 1. The molecule has 2 rings (SSSR count). The van der Waals surface area contributed by atoms with Crippen LogP contribution < -0.4 is 5.32 Å². The highest BCUT2D eigenvalue weighted by Gasteiger charge is 2.28. The van der Waals surface area contributed by atoms with Crippen LogP contribution in [-0.2, 0) is 6.42 Å². The second-order valence-electron chi connectivity index (χ2n) is 8.39. The number of nitrogens with one attached hydrogen (secondary N) is 1. The van der Waals surface area contributed by atoms with Crippen LogP contribution in [0.1, 0.15) is 51.3 Å². The fourth-order valence-electron chi connectivity index (χ4n) is 3.51. The van der Waals surface area contributed by atoms with Gasteiger partial charge in [-0.05, 0) is 69.2 Å². The number of alkyl halides is 3. The quantitative estimate of drug-likeness (QED) is 0.375. The molecule has 34 heavy (non-hydrogen) atoms. The van der Waals surface area contributed by atoms with Crippen LogP contribution in [0, 0.1) is 12.8 Å². The van der Waals surface area contributed by atoms with Crippen LogP contribution in [0.2, 0.25) is 0 Å². The Morgan fingerprint density at radius 3 is 2.62 bits per heavy atom. The number of benzene rings is 1. The monoisotopic (exact) mass is 477 g/mol. The lowest BCUT2D eigenvalue weighted by Crippen LogP contribution is -2.18. The Kier molecular flexibility index (Phi) is 10.0. The summed E-state index contributed by atoms with van der Waals surface area (Å²) in [6, 6.07) is 6.04. The minimum absolute atomic E-state index is 0.108. The van der Waals surface area contributed by atoms with E-state index in [1.165, 1.54) is 11.6 Å². The molecule has 2 atom stereocenters. The van der Waals surface area contributed by atoms with Gasteiger partial charge in [-0.15, -0.1) is 0 Å². The number of imidazole rings is 1. The van der Waals surface area contributed by atoms with Gasteiger partial charge in [0, 0.05) is 29.7 Å². The highest BCUT2D eigenvalue weighted by Crippen LogP contribution is 2.27. The number of aromatic nitrogens is 2. The smallest absolute Gasteiger partial charge is 0.387 e. The van der Waals surface area contributed by atoms with E-state index < -0.39 is 24.6 Å². The minimum atomic E-state index is -4.23. The number of aliphatic imine (C=N–C) groups is 2. The number of aryl methyl sites for hydroxylation is 2. The molecule has 0 amide bonds. The molecule has 0 spiro atoms. The molecular weight excluding hydrogens is 443 g/mol. The van der Waals surface area contributed by atoms with Gasteiger partial charge < -0.3 is 15.0 Å². The molecule has 0 bridgehead atoms. The molecule has 1 aromatic carbocycles. The van der Waals surface area contributed by atoms with Crippen LogP contribution >= 0.6 is 0 Å². The number of rotatable bonds is 12. The largest absolute Gasteiger partial charge is 0.389 e. The third-order valence-electron chi connectivity index (χ3n) is 5.41. The van der Waals surface area contributed by atoms with E-state index in [4.69, 9.17) is 0 Å². The summed E-state index contributed by atoms with van der Waals surface area (Å²) in [5, 5.41) is 13.3. The highest BCUT2D eigenvalue weighted by molar-refractivity contribution is 5.98. The van der Waals surface area contributed by atoms with Gasteiger partial charge in [0.15, 0.2) is 0 Å². The molecule has 0 saturated carbocycles. The van der Waals surface area contributed by atoms with Crippen molar-refractivity contribution in [2.45, 2.75) is 65.7 Å². The molecule has 0 aliphatic rings. The van der Waals surface area contributed by atoms with Gasteiger partial charge in [0.25, 0.3) is 0 Å². The van der Waals surface area contributed by atoms with E-state index in [1.807, 2.05) is 29.8 Å². The number of aliphatic hydroxyl groups is 1. The number of allylic oxidation sites excluding steroid dienone is 1. The fourth-order valence-corrected chi connectivity index (χ4v) is 3.51. The van der Waals surface area contributed by atoms with Crippen LogP contribution in [0.25, 0.3) is 5.69 Å². The SMILES string of the molecule is C=N/C(=C\C(=NCNc1ccc(-n2cnc(C)c2)c(CCC)c1)C(C)O)C(C)CCC(F)(F)F. The first-order chi connectivity index (χ1) is 16.0. The molecule has 1 aromatic heterocycles. The van der Waals surface area contributed by atoms with Gasteiger partial charge in [-0.25, -0.2) is 4.98 Å². The topological polar surface area (TPSA) is 74.8 Å². The van der Waals surface area contributed by atoms with Gasteiger partial charge >= 0.3 is 6.18 Å². The summed E-state index contributed by atoms with van der Waals surface area (Å²) >= 11 is 0. The Morgan fingerprint density at radius 2 is 2.06 bits per heavy atom. The van der Waals surface area contributed by atoms with Crippen molar-refractivity contribution in [3.8, 4) is 5.69 Å². The lowest BCUT2D eigenvalue weighted by molar-refractivity contribution is -0.136. The van der Waals surface area contributed by atoms with E-state index in [0.29, 0.717) is 11.4 Å². The number of halogens is 3. The van der Waals surface area contributed by atoms with Gasteiger partial charge in [0.2, 0.25) is 0 Å². The van der Waals surface area contributed by atoms with Gasteiger partial charge in [-0.2, -0.15) is 13.2 Å². The molecule has 2 aromatic rings. The third-order valence-corrected chi connectivity index (χ3v) is 5.41. The Balaban J connectivity index is 2.15. The maximum atomic E-state index is 12.6. The van der Waals surface area contributed by atoms with E-state index in [9.17, 15) is 18.3 Å². The summed E-state index contributed by atoms with van der Waals surface area (Å²) in [4.78, 5) is 12.6. The number of nitrogens with zero attached hydrogens (tertiary/aromatic N) is 4. The molecule has 0 saturated heterocycles. The first-order valence-electron chi connectivity index (χ1n) is 11.4. The average molecular weight is 478 g/mol. The zero-order valence-corrected chi connectivity index (χ0v) is 20.2. The molecule has 0 aliphatic carbocycles. The summed E-state index contributed by atoms with van der Waals surface area (Å²) in [6.07, 6.45) is 1.04. The lowest BCUT2D eigenvalue weighted by atomic mass is 9.99. The summed E-state index contributed by atoms with van der Waals surface area (Å²) in [5.41, 5.74) is 4.75. The second-order valence-corrected chi connectivity index (χ2v) is 8.39. The predicted molar refractivity (Wildman–Crippen MR) is 132 cm³/mol. The van der Waals surface area contributed by atoms with Crippen LogP contribution in [0.3, 0.4) is 0 Å². The van der Waals surface area contributed by atoms with E-state index in [2.05, 4.69) is 40.0 Å². The molecule has 1 heterocycles. The maximum absolute atomic E-state index is 12.6. The van der Waals surface area contributed by atoms with Crippen molar-refractivity contribution in [1.29, 1.82) is 0 Å². The normalized spacial score (nSPS) is 14.7. The average Bonchev–Trinajstić information content (AvgIpc) is 3.20. The van der Waals surface area contributed by atoms with Crippen molar-refractivity contribution < 1.29 is 18.3 Å². The molecule has 0 radical (unpaired) electrons. The van der Waals surface area contributed by atoms with E-state index in [0.717, 1.165) is 29.9 Å². The van der Waals surface area contributed by atoms with Crippen LogP contribution in [0.15, 0.2) is 52.5 Å². The Bertz CT molecular complexity index is 1010. The van der Waals surface area contributed by atoms with Gasteiger partial charge in [0.1, 0.15) is 6.67 Å². The molecule has 0 aliphatic heterocycles. The van der Waals surface area contributed by atoms with E-state index in [1.54, 1.807) is 20.2 Å². The molecule has 6 nitrogen and oxygen atoms in total. The van der Waals surface area contributed by atoms with Crippen molar-refractivity contribution in [3.05, 3.63) is 53.8 Å². The highest BCUT2D eigenvalue weighted by atomic mass is 19.4. The fraction of sp³-hybridized carbons (Fsp3) is 0.480. The van der Waals surface area contributed by atoms with Crippen molar-refractivity contribution in [3.63, 3.8) is 0 Å². The Labute approximate surface area is 199 Å². The van der Waals surface area contributed by atoms with Crippen LogP contribution in [-0.4, -0.2) is 46.0 Å². The summed E-state index contributed by atoms with van der Waals surface area (Å²) < 4.78 is 39.7. The van der Waals surface area contributed by atoms with E-state index >= 15 is 0 Å². The van der Waals surface area contributed by atoms with Crippen LogP contribution in [0.4, 0.5) is 18.9 Å². The molecular formula is C25H34F3N5O. The zero-order chi connectivity index (χ0) is 25.3. The number of hydrogen-bond acceptors (Lipinski definition) is 5. The standard InChI is InChI=1S/C25H34F3N5O/c1-6-7-20-12-21(8-9-24(20)33-14-18(3)32-16-33)30-15-31-23(19(4)34)13-22(29-5)17(2)10-11-25(26,27)28/h8-9,12-14,16-17,19,30,34H,5-7,10-11,15H2,1-4H3/b22-13-,31-23?. The second kappa shape index (κ2) is 12.5. The molecule has 9 heteroatoms. The first kappa shape index (κ1) is 27.3. The summed E-state index contributed by atoms with van der Waals surface area (Å²) in [7, 11) is 0. The first-order valence-corrected chi connectivity index (χ1v) is 11.4. The maximum Gasteiger partial charge on any atom is 0.389 e. The van der Waals surface area contributed by atoms with Crippen molar-refractivity contribution >= 4 is 18.1 Å². The Hall–Kier alpha value is -2.94. The van der Waals surface area contributed by atoms with Crippen molar-refractivity contribution in [2.24, 2.45) is 15.9 Å². The lowest BCUT2D eigenvalue weighted by Gasteiger charge is -2.15. The number of hydrogen-bond donors (Lipinski definition) is 2. The summed E-state index contributed by atoms with van der Waals surface area (Å²) in [5.74, 6) is -0.466. The molecule has 2 N–H and O–H groups in total. The minimum Gasteiger partial charge on any atom is -0.387 e. The zero-order valence-electron chi connectivity index (χ0n) is 20.2. The number of aliphatic hydroxyl groups excluding tert-OH is 1. The van der Waals surface area contributed by atoms with Crippen molar-refractivity contribution in [2.75, 3.05) is 12.0 Å².